The van der Waals surface area contributed by atoms with Gasteiger partial charge in [-0.25, -0.2) is 9.48 Å². The first-order valence-corrected chi connectivity index (χ1v) is 4.83. The summed E-state index contributed by atoms with van der Waals surface area (Å²) >= 11 is 0. The molecule has 0 aliphatic rings. The summed E-state index contributed by atoms with van der Waals surface area (Å²) in [6, 6.07) is 7.62. The lowest BCUT2D eigenvalue weighted by Crippen LogP contribution is -2.03. The van der Waals surface area contributed by atoms with E-state index in [2.05, 4.69) is 10.3 Å². The van der Waals surface area contributed by atoms with E-state index in [1.54, 1.807) is 11.6 Å². The lowest BCUT2D eigenvalue weighted by atomic mass is 10.2. The minimum Gasteiger partial charge on any atom is -0.476 e. The van der Waals surface area contributed by atoms with Crippen molar-refractivity contribution in [3.05, 3.63) is 41.2 Å². The molecule has 0 radical (unpaired) electrons. The van der Waals surface area contributed by atoms with Crippen molar-refractivity contribution in [3.63, 3.8) is 0 Å². The van der Waals surface area contributed by atoms with Crippen molar-refractivity contribution in [2.45, 2.75) is 21.3 Å². The van der Waals surface area contributed by atoms with Crippen LogP contribution in [0, 0.1) is 13.8 Å². The third-order valence-corrected chi connectivity index (χ3v) is 2.44. The highest BCUT2D eigenvalue weighted by Crippen LogP contribution is 2.15. The molecule has 0 aliphatic heterocycles. The van der Waals surface area contributed by atoms with Gasteiger partial charge in [0.1, 0.15) is 0 Å². The first-order valence-electron chi connectivity index (χ1n) is 4.83. The van der Waals surface area contributed by atoms with Crippen LogP contribution in [0.3, 0.4) is 0 Å². The van der Waals surface area contributed by atoms with Gasteiger partial charge in [-0.05, 0) is 25.5 Å². The Labute approximate surface area is 99.7 Å². The Morgan fingerprint density at radius 3 is 2.47 bits per heavy atom. The lowest BCUT2D eigenvalue weighted by Gasteiger charge is -2.05. The van der Waals surface area contributed by atoms with Gasteiger partial charge in [0, 0.05) is 0 Å². The first-order chi connectivity index (χ1) is 7.61. The van der Waals surface area contributed by atoms with E-state index in [0.717, 1.165) is 11.3 Å². The van der Waals surface area contributed by atoms with E-state index in [9.17, 15) is 4.79 Å². The van der Waals surface area contributed by atoms with Crippen LogP contribution in [0.15, 0.2) is 24.3 Å². The van der Waals surface area contributed by atoms with Crippen LogP contribution in [0.2, 0.25) is 0 Å². The maximum Gasteiger partial charge on any atom is 0.358 e. The summed E-state index contributed by atoms with van der Waals surface area (Å²) in [5.41, 5.74) is 2.39. The van der Waals surface area contributed by atoms with Gasteiger partial charge in [-0.1, -0.05) is 30.8 Å². The lowest BCUT2D eigenvalue weighted by molar-refractivity contribution is 0.0689. The smallest absolute Gasteiger partial charge is 0.358 e. The van der Waals surface area contributed by atoms with Crippen molar-refractivity contribution in [1.82, 2.24) is 15.0 Å². The number of nitrogens with zero attached hydrogens (tertiary/aromatic N) is 3. The van der Waals surface area contributed by atoms with Gasteiger partial charge in [0.2, 0.25) is 0 Å². The normalized spacial score (nSPS) is 9.76. The van der Waals surface area contributed by atoms with E-state index < -0.39 is 5.97 Å². The first kappa shape index (κ1) is 12.9. The summed E-state index contributed by atoms with van der Waals surface area (Å²) in [5.74, 6) is -1.06. The number of hydrogen-bond donors (Lipinski definition) is 1. The number of aryl methyl sites for hydroxylation is 1. The van der Waals surface area contributed by atoms with Crippen LogP contribution in [0.5, 0.6) is 0 Å². The number of hydrogen-bond acceptors (Lipinski definition) is 3. The highest BCUT2D eigenvalue weighted by atomic mass is 16.4. The van der Waals surface area contributed by atoms with E-state index in [-0.39, 0.29) is 13.1 Å². The molecule has 5 heteroatoms. The zero-order valence-corrected chi connectivity index (χ0v) is 9.01. The largest absolute Gasteiger partial charge is 0.476 e. The predicted molar refractivity (Wildman–Crippen MR) is 64.5 cm³/mol. The van der Waals surface area contributed by atoms with Gasteiger partial charge in [-0.3, -0.25) is 0 Å². The van der Waals surface area contributed by atoms with E-state index in [4.69, 9.17) is 5.11 Å². The van der Waals surface area contributed by atoms with Crippen molar-refractivity contribution >= 4 is 5.97 Å². The quantitative estimate of drug-likeness (QED) is 0.863. The van der Waals surface area contributed by atoms with Gasteiger partial charge in [-0.2, -0.15) is 0 Å². The monoisotopic (exact) mass is 233 g/mol. The number of aromatic nitrogens is 3. The highest BCUT2D eigenvalue weighted by Gasteiger charge is 2.16. The van der Waals surface area contributed by atoms with Gasteiger partial charge in [0.25, 0.3) is 0 Å². The molecule has 0 atom stereocenters. The van der Waals surface area contributed by atoms with Crippen molar-refractivity contribution in [3.8, 4) is 5.69 Å². The molecule has 0 fully saturated rings. The standard InChI is InChI=1S/C11H11N3O2.CH4/c1-7-5-3-4-6-9(7)14-8(2)10(11(15)16)12-13-14;/h3-6H,1-2H3,(H,15,16);1H4. The van der Waals surface area contributed by atoms with Gasteiger partial charge in [0.15, 0.2) is 5.69 Å². The van der Waals surface area contributed by atoms with E-state index >= 15 is 0 Å². The fraction of sp³-hybridized carbons (Fsp3) is 0.250. The summed E-state index contributed by atoms with van der Waals surface area (Å²) in [4.78, 5) is 10.8. The second-order valence-electron chi connectivity index (χ2n) is 3.53. The van der Waals surface area contributed by atoms with Crippen LogP contribution in [0.4, 0.5) is 0 Å². The molecular weight excluding hydrogens is 218 g/mol. The predicted octanol–water partition coefficient (Wildman–Crippen LogP) is 2.22. The number of carbonyl (C=O) groups is 1. The van der Waals surface area contributed by atoms with Crippen LogP contribution in [-0.4, -0.2) is 26.1 Å². The molecule has 1 aromatic carbocycles. The maximum atomic E-state index is 10.8. The molecule has 0 amide bonds. The Morgan fingerprint density at radius 1 is 1.29 bits per heavy atom. The molecule has 0 aliphatic carbocycles. The van der Waals surface area contributed by atoms with Crippen molar-refractivity contribution in [2.24, 2.45) is 0 Å². The number of rotatable bonds is 2. The molecule has 1 N–H and O–H groups in total. The second kappa shape index (κ2) is 4.78. The molecular formula is C12H15N3O2. The minimum atomic E-state index is -1.06. The Hall–Kier alpha value is -2.17. The fourth-order valence-electron chi connectivity index (χ4n) is 1.56. The van der Waals surface area contributed by atoms with Gasteiger partial charge in [-0.15, -0.1) is 5.10 Å². The SMILES string of the molecule is C.Cc1ccccc1-n1nnc(C(=O)O)c1C. The molecule has 0 saturated heterocycles. The molecule has 1 aromatic heterocycles. The topological polar surface area (TPSA) is 68.0 Å². The Kier molecular flexibility index (Phi) is 3.62. The molecule has 0 saturated carbocycles. The highest BCUT2D eigenvalue weighted by molar-refractivity contribution is 5.86. The second-order valence-corrected chi connectivity index (χ2v) is 3.53. The van der Waals surface area contributed by atoms with E-state index in [0.29, 0.717) is 5.69 Å². The number of para-hydroxylation sites is 1. The Bertz CT molecular complexity index is 546. The fourth-order valence-corrected chi connectivity index (χ4v) is 1.56. The molecule has 5 nitrogen and oxygen atoms in total. The molecule has 0 unspecified atom stereocenters. The molecule has 2 aromatic rings. The van der Waals surface area contributed by atoms with E-state index in [1.165, 1.54) is 0 Å². The van der Waals surface area contributed by atoms with Crippen LogP contribution in [0.1, 0.15) is 29.2 Å². The van der Waals surface area contributed by atoms with Crippen molar-refractivity contribution < 1.29 is 9.90 Å². The number of benzene rings is 1. The van der Waals surface area contributed by atoms with Crippen molar-refractivity contribution in [2.75, 3.05) is 0 Å². The van der Waals surface area contributed by atoms with Crippen LogP contribution in [0.25, 0.3) is 5.69 Å². The molecule has 2 rings (SSSR count). The van der Waals surface area contributed by atoms with Crippen LogP contribution < -0.4 is 0 Å². The van der Waals surface area contributed by atoms with Gasteiger partial charge in [0.05, 0.1) is 11.4 Å². The van der Waals surface area contributed by atoms with Gasteiger partial charge >= 0.3 is 5.97 Å². The number of aromatic carboxylic acids is 1. The molecule has 0 spiro atoms. The summed E-state index contributed by atoms with van der Waals surface area (Å²) in [6.07, 6.45) is 0. The van der Waals surface area contributed by atoms with Crippen molar-refractivity contribution in [1.29, 1.82) is 0 Å². The summed E-state index contributed by atoms with van der Waals surface area (Å²) < 4.78 is 1.54. The zero-order chi connectivity index (χ0) is 11.7. The Morgan fingerprint density at radius 2 is 1.94 bits per heavy atom. The summed E-state index contributed by atoms with van der Waals surface area (Å²) in [7, 11) is 0. The molecule has 17 heavy (non-hydrogen) atoms. The van der Waals surface area contributed by atoms with Gasteiger partial charge < -0.3 is 5.11 Å². The molecule has 1 heterocycles. The Balaban J connectivity index is 0.00000144. The minimum absolute atomic E-state index is 0. The zero-order valence-electron chi connectivity index (χ0n) is 9.01. The molecule has 90 valence electrons. The third kappa shape index (κ3) is 2.18. The third-order valence-electron chi connectivity index (χ3n) is 2.44. The average Bonchev–Trinajstić information content (AvgIpc) is 2.61. The molecule has 0 bridgehead atoms. The van der Waals surface area contributed by atoms with Crippen LogP contribution in [-0.2, 0) is 0 Å². The summed E-state index contributed by atoms with van der Waals surface area (Å²) in [6.45, 7) is 3.63. The average molecular weight is 233 g/mol. The maximum absolute atomic E-state index is 10.8. The number of carboxylic acid groups (broad SMARTS) is 1. The number of carboxylic acids is 1. The van der Waals surface area contributed by atoms with E-state index in [1.807, 2.05) is 31.2 Å². The summed E-state index contributed by atoms with van der Waals surface area (Å²) in [5, 5.41) is 16.4. The van der Waals surface area contributed by atoms with Crippen LogP contribution >= 0.6 is 0 Å².